The molecule has 1 unspecified atom stereocenters. The Bertz CT molecular complexity index is 697. The third kappa shape index (κ3) is 3.45. The van der Waals surface area contributed by atoms with Gasteiger partial charge in [-0.1, -0.05) is 6.07 Å². The van der Waals surface area contributed by atoms with Gasteiger partial charge in [0.05, 0.1) is 6.10 Å². The summed E-state index contributed by atoms with van der Waals surface area (Å²) >= 11 is 0. The van der Waals surface area contributed by atoms with E-state index in [4.69, 9.17) is 0 Å². The minimum Gasteiger partial charge on any atom is -0.393 e. The Hall–Kier alpha value is -0.590. The fraction of sp³-hybridized carbons (Fsp3) is 0.737. The number of rotatable bonds is 2. The zero-order valence-electron chi connectivity index (χ0n) is 15.0. The van der Waals surface area contributed by atoms with Gasteiger partial charge in [-0.2, -0.15) is 0 Å². The van der Waals surface area contributed by atoms with Crippen molar-refractivity contribution in [3.63, 3.8) is 0 Å². The molecule has 2 N–H and O–H groups in total. The van der Waals surface area contributed by atoms with Gasteiger partial charge in [0.1, 0.15) is 0 Å². The van der Waals surface area contributed by atoms with Crippen LogP contribution >= 0.6 is 24.8 Å². The highest BCUT2D eigenvalue weighted by atomic mass is 35.5. The number of aromatic nitrogens is 1. The normalized spacial score (nSPS) is 35.2. The molecular weight excluding hydrogens is 373 g/mol. The summed E-state index contributed by atoms with van der Waals surface area (Å²) in [5, 5.41) is 13.3. The highest BCUT2D eigenvalue weighted by Crippen LogP contribution is 2.38. The van der Waals surface area contributed by atoms with Gasteiger partial charge in [-0.15, -0.1) is 24.8 Å². The van der Waals surface area contributed by atoms with Crippen LogP contribution in [0.25, 0.3) is 0 Å². The molecule has 2 saturated heterocycles. The first-order valence-electron chi connectivity index (χ1n) is 9.51. The second-order valence-electron chi connectivity index (χ2n) is 8.50. The molecule has 7 heteroatoms. The number of fused-ring (bicyclic) bond motifs is 5. The van der Waals surface area contributed by atoms with Crippen molar-refractivity contribution in [2.75, 3.05) is 26.2 Å². The van der Waals surface area contributed by atoms with Gasteiger partial charge in [0.15, 0.2) is 0 Å². The Balaban J connectivity index is 0.000000980. The number of halogens is 2. The van der Waals surface area contributed by atoms with Crippen LogP contribution in [0.1, 0.15) is 36.4 Å². The molecule has 3 fully saturated rings. The highest BCUT2D eigenvalue weighted by Gasteiger charge is 2.40. The lowest BCUT2D eigenvalue weighted by Crippen LogP contribution is -2.45. The van der Waals surface area contributed by atoms with Crippen LogP contribution in [0.3, 0.4) is 0 Å². The molecule has 4 aliphatic rings. The van der Waals surface area contributed by atoms with Gasteiger partial charge in [-0.05, 0) is 49.6 Å². The Morgan fingerprint density at radius 3 is 2.50 bits per heavy atom. The molecule has 146 valence electrons. The van der Waals surface area contributed by atoms with Crippen LogP contribution in [0.4, 0.5) is 0 Å². The summed E-state index contributed by atoms with van der Waals surface area (Å²) in [6, 6.07) is 4.28. The molecule has 0 spiro atoms. The fourth-order valence-corrected chi connectivity index (χ4v) is 5.69. The van der Waals surface area contributed by atoms with E-state index in [2.05, 4.69) is 26.9 Å². The summed E-state index contributed by atoms with van der Waals surface area (Å²) in [7, 11) is 0. The molecule has 4 heterocycles. The number of hydrogen-bond donors (Lipinski definition) is 2. The number of hydrogen-bond acceptors (Lipinski definition) is 4. The zero-order chi connectivity index (χ0) is 16.3. The number of nitrogens with zero attached hydrogens (tertiary/aromatic N) is 2. The van der Waals surface area contributed by atoms with Crippen LogP contribution < -0.4 is 10.9 Å². The predicted molar refractivity (Wildman–Crippen MR) is 106 cm³/mol. The lowest BCUT2D eigenvalue weighted by Gasteiger charge is -2.37. The molecule has 1 aliphatic carbocycles. The molecule has 0 radical (unpaired) electrons. The van der Waals surface area contributed by atoms with Crippen molar-refractivity contribution in [3.05, 3.63) is 33.7 Å². The zero-order valence-corrected chi connectivity index (χ0v) is 16.6. The average molecular weight is 402 g/mol. The molecule has 3 aliphatic heterocycles. The molecule has 1 saturated carbocycles. The van der Waals surface area contributed by atoms with Crippen LogP contribution in [0, 0.1) is 17.8 Å². The summed E-state index contributed by atoms with van der Waals surface area (Å²) in [5.74, 6) is 2.38. The molecular formula is C19H29Cl2N3O2. The monoisotopic (exact) mass is 401 g/mol. The van der Waals surface area contributed by atoms with E-state index in [1.165, 1.54) is 12.1 Å². The molecule has 2 bridgehead atoms. The van der Waals surface area contributed by atoms with Crippen molar-refractivity contribution in [1.82, 2.24) is 14.8 Å². The maximum absolute atomic E-state index is 13.0. The van der Waals surface area contributed by atoms with E-state index >= 15 is 0 Å². The number of piperidine rings is 1. The maximum Gasteiger partial charge on any atom is 0.255 e. The van der Waals surface area contributed by atoms with Crippen molar-refractivity contribution in [1.29, 1.82) is 0 Å². The first kappa shape index (κ1) is 20.2. The smallest absolute Gasteiger partial charge is 0.255 e. The first-order chi connectivity index (χ1) is 11.7. The van der Waals surface area contributed by atoms with E-state index in [-0.39, 0.29) is 36.5 Å². The summed E-state index contributed by atoms with van der Waals surface area (Å²) in [4.78, 5) is 15.4. The minimum absolute atomic E-state index is 0. The van der Waals surface area contributed by atoms with Crippen molar-refractivity contribution < 1.29 is 5.11 Å². The van der Waals surface area contributed by atoms with Crippen molar-refractivity contribution in [2.45, 2.75) is 44.4 Å². The molecule has 0 amide bonds. The third-order valence-corrected chi connectivity index (χ3v) is 6.78. The first-order valence-corrected chi connectivity index (χ1v) is 9.51. The number of aliphatic hydroxyl groups is 1. The van der Waals surface area contributed by atoms with E-state index in [1.807, 2.05) is 0 Å². The van der Waals surface area contributed by atoms with Gasteiger partial charge in [-0.3, -0.25) is 9.69 Å². The number of pyridine rings is 1. The van der Waals surface area contributed by atoms with Gasteiger partial charge in [0.2, 0.25) is 0 Å². The van der Waals surface area contributed by atoms with Gasteiger partial charge in [-0.25, -0.2) is 0 Å². The molecule has 1 aromatic rings. The fourth-order valence-electron chi connectivity index (χ4n) is 5.69. The van der Waals surface area contributed by atoms with Crippen LogP contribution in [0.15, 0.2) is 16.9 Å². The summed E-state index contributed by atoms with van der Waals surface area (Å²) < 4.78 is 2.07. The maximum atomic E-state index is 13.0. The number of aliphatic hydroxyl groups excluding tert-OH is 1. The average Bonchev–Trinajstić information content (AvgIpc) is 3.07. The Morgan fingerprint density at radius 1 is 1.04 bits per heavy atom. The molecule has 26 heavy (non-hydrogen) atoms. The van der Waals surface area contributed by atoms with Gasteiger partial charge in [0, 0.05) is 49.9 Å². The standard InChI is InChI=1S/C19H27N3O2.2ClH/c23-17-4-15-10-21(11-16(15)5-17)9-13-1-2-18-14-3-12(6-20-7-14)8-22(18)19(13)24;;/h1-2,12,14-17,20,23H,3-11H2;2*1H/t12-,14+,15-,16+,17?;;/m0../s1. The van der Waals surface area contributed by atoms with E-state index in [1.54, 1.807) is 0 Å². The lowest BCUT2D eigenvalue weighted by atomic mass is 9.84. The minimum atomic E-state index is -0.0930. The van der Waals surface area contributed by atoms with Crippen molar-refractivity contribution in [3.8, 4) is 0 Å². The lowest BCUT2D eigenvalue weighted by molar-refractivity contribution is 0.161. The molecule has 5 nitrogen and oxygen atoms in total. The second-order valence-corrected chi connectivity index (χ2v) is 8.50. The molecule has 1 aromatic heterocycles. The van der Waals surface area contributed by atoms with Crippen molar-refractivity contribution in [2.24, 2.45) is 17.8 Å². The molecule has 5 atom stereocenters. The van der Waals surface area contributed by atoms with Crippen molar-refractivity contribution >= 4 is 24.8 Å². The van der Waals surface area contributed by atoms with Crippen LogP contribution in [0.2, 0.25) is 0 Å². The van der Waals surface area contributed by atoms with E-state index in [0.717, 1.165) is 57.7 Å². The summed E-state index contributed by atoms with van der Waals surface area (Å²) in [5.41, 5.74) is 2.42. The Morgan fingerprint density at radius 2 is 1.77 bits per heavy atom. The van der Waals surface area contributed by atoms with Crippen LogP contribution in [0.5, 0.6) is 0 Å². The number of likely N-dealkylation sites (tertiary alicyclic amines) is 1. The quantitative estimate of drug-likeness (QED) is 0.789. The van der Waals surface area contributed by atoms with E-state index < -0.39 is 0 Å². The van der Waals surface area contributed by atoms with E-state index in [0.29, 0.717) is 23.7 Å². The van der Waals surface area contributed by atoms with Crippen LogP contribution in [-0.4, -0.2) is 46.9 Å². The molecule has 5 rings (SSSR count). The second kappa shape index (κ2) is 7.80. The SMILES string of the molecule is Cl.Cl.O=c1c(CN2C[C@H]3CC(O)C[C@H]3C2)ccc2n1C[C@@H]1CNC[C@H]2C1. The van der Waals surface area contributed by atoms with Gasteiger partial charge >= 0.3 is 0 Å². The summed E-state index contributed by atoms with van der Waals surface area (Å²) in [6.07, 6.45) is 3.02. The Labute approximate surface area is 167 Å². The van der Waals surface area contributed by atoms with Gasteiger partial charge < -0.3 is 15.0 Å². The summed E-state index contributed by atoms with van der Waals surface area (Å²) in [6.45, 7) is 5.78. The highest BCUT2D eigenvalue weighted by molar-refractivity contribution is 5.85. The predicted octanol–water partition coefficient (Wildman–Crippen LogP) is 1.60. The van der Waals surface area contributed by atoms with E-state index in [9.17, 15) is 9.90 Å². The van der Waals surface area contributed by atoms with Crippen LogP contribution in [-0.2, 0) is 13.1 Å². The molecule has 0 aromatic carbocycles. The third-order valence-electron chi connectivity index (χ3n) is 6.78. The largest absolute Gasteiger partial charge is 0.393 e. The Kier molecular flexibility index (Phi) is 6.05. The van der Waals surface area contributed by atoms with Gasteiger partial charge in [0.25, 0.3) is 5.56 Å². The number of nitrogens with one attached hydrogen (secondary N) is 1. The topological polar surface area (TPSA) is 57.5 Å².